The summed E-state index contributed by atoms with van der Waals surface area (Å²) in [4.78, 5) is 18.4. The summed E-state index contributed by atoms with van der Waals surface area (Å²) in [7, 11) is 1.87. The van der Waals surface area contributed by atoms with E-state index in [9.17, 15) is 4.79 Å². The SMILES string of the molecule is Cn1cnc(C(=O)N2CCC(C(N)Cc3cccc(Cl)c3)CC2)c1. The molecule has 1 amide bonds. The molecule has 1 aromatic carbocycles. The zero-order chi connectivity index (χ0) is 17.1. The van der Waals surface area contributed by atoms with Crippen LogP contribution in [0, 0.1) is 5.92 Å². The van der Waals surface area contributed by atoms with E-state index in [2.05, 4.69) is 11.1 Å². The monoisotopic (exact) mass is 346 g/mol. The van der Waals surface area contributed by atoms with Crippen molar-refractivity contribution in [3.63, 3.8) is 0 Å². The lowest BCUT2D eigenvalue weighted by Gasteiger charge is -2.34. The van der Waals surface area contributed by atoms with Crippen LogP contribution in [-0.2, 0) is 13.5 Å². The zero-order valence-electron chi connectivity index (χ0n) is 13.9. The molecule has 5 nitrogen and oxygen atoms in total. The number of halogens is 1. The van der Waals surface area contributed by atoms with E-state index in [4.69, 9.17) is 17.3 Å². The van der Waals surface area contributed by atoms with Gasteiger partial charge in [-0.3, -0.25) is 4.79 Å². The molecule has 128 valence electrons. The second kappa shape index (κ2) is 7.36. The molecule has 2 aromatic rings. The Hall–Kier alpha value is -1.85. The second-order valence-corrected chi connectivity index (χ2v) is 6.99. The molecule has 1 unspecified atom stereocenters. The Morgan fingerprint density at radius 2 is 2.17 bits per heavy atom. The minimum atomic E-state index is 0.0115. The number of piperidine rings is 1. The molecule has 1 saturated heterocycles. The Kier molecular flexibility index (Phi) is 5.21. The van der Waals surface area contributed by atoms with Gasteiger partial charge in [-0.05, 0) is 42.9 Å². The van der Waals surface area contributed by atoms with Crippen LogP contribution in [0.1, 0.15) is 28.9 Å². The number of rotatable bonds is 4. The van der Waals surface area contributed by atoms with E-state index in [-0.39, 0.29) is 11.9 Å². The van der Waals surface area contributed by atoms with Gasteiger partial charge in [0.25, 0.3) is 5.91 Å². The number of carbonyl (C=O) groups excluding carboxylic acids is 1. The van der Waals surface area contributed by atoms with Crippen molar-refractivity contribution in [3.05, 3.63) is 53.1 Å². The molecule has 3 rings (SSSR count). The van der Waals surface area contributed by atoms with Crippen molar-refractivity contribution in [1.29, 1.82) is 0 Å². The first-order valence-corrected chi connectivity index (χ1v) is 8.68. The topological polar surface area (TPSA) is 64.2 Å². The Balaban J connectivity index is 1.53. The summed E-state index contributed by atoms with van der Waals surface area (Å²) < 4.78 is 1.79. The number of nitrogens with zero attached hydrogens (tertiary/aromatic N) is 3. The number of hydrogen-bond acceptors (Lipinski definition) is 3. The molecule has 24 heavy (non-hydrogen) atoms. The second-order valence-electron chi connectivity index (χ2n) is 6.55. The fourth-order valence-electron chi connectivity index (χ4n) is 3.32. The summed E-state index contributed by atoms with van der Waals surface area (Å²) in [5.41, 5.74) is 8.09. The number of benzene rings is 1. The van der Waals surface area contributed by atoms with Gasteiger partial charge < -0.3 is 15.2 Å². The van der Waals surface area contributed by atoms with Crippen LogP contribution in [0.2, 0.25) is 5.02 Å². The first-order chi connectivity index (χ1) is 11.5. The van der Waals surface area contributed by atoms with Crippen molar-refractivity contribution < 1.29 is 4.79 Å². The highest BCUT2D eigenvalue weighted by atomic mass is 35.5. The van der Waals surface area contributed by atoms with Crippen LogP contribution in [0.5, 0.6) is 0 Å². The van der Waals surface area contributed by atoms with Gasteiger partial charge in [-0.15, -0.1) is 0 Å². The molecule has 0 aliphatic carbocycles. The minimum Gasteiger partial charge on any atom is -0.340 e. The van der Waals surface area contributed by atoms with Crippen molar-refractivity contribution in [3.8, 4) is 0 Å². The number of likely N-dealkylation sites (tertiary alicyclic amines) is 1. The predicted molar refractivity (Wildman–Crippen MR) is 95.0 cm³/mol. The number of nitrogens with two attached hydrogens (primary N) is 1. The third kappa shape index (κ3) is 3.97. The molecule has 0 radical (unpaired) electrons. The van der Waals surface area contributed by atoms with Crippen molar-refractivity contribution in [1.82, 2.24) is 14.5 Å². The number of hydrogen-bond donors (Lipinski definition) is 1. The first-order valence-electron chi connectivity index (χ1n) is 8.30. The zero-order valence-corrected chi connectivity index (χ0v) is 14.6. The first kappa shape index (κ1) is 17.0. The average Bonchev–Trinajstić information content (AvgIpc) is 3.01. The van der Waals surface area contributed by atoms with E-state index in [1.165, 1.54) is 5.56 Å². The van der Waals surface area contributed by atoms with Crippen molar-refractivity contribution in [2.45, 2.75) is 25.3 Å². The Bertz CT molecular complexity index is 707. The quantitative estimate of drug-likeness (QED) is 0.925. The van der Waals surface area contributed by atoms with Gasteiger partial charge in [0.2, 0.25) is 0 Å². The van der Waals surface area contributed by atoms with Gasteiger partial charge in [0, 0.05) is 37.4 Å². The molecule has 0 bridgehead atoms. The molecule has 1 aliphatic heterocycles. The molecular weight excluding hydrogens is 324 g/mol. The third-order valence-corrected chi connectivity index (χ3v) is 4.95. The molecule has 1 fully saturated rings. The van der Waals surface area contributed by atoms with Gasteiger partial charge in [-0.2, -0.15) is 0 Å². The maximum atomic E-state index is 12.4. The van der Waals surface area contributed by atoms with Crippen LogP contribution < -0.4 is 5.73 Å². The van der Waals surface area contributed by atoms with E-state index in [0.717, 1.165) is 37.4 Å². The van der Waals surface area contributed by atoms with Crippen LogP contribution in [0.25, 0.3) is 0 Å². The molecule has 1 atom stereocenters. The number of aryl methyl sites for hydroxylation is 1. The minimum absolute atomic E-state index is 0.0115. The van der Waals surface area contributed by atoms with E-state index >= 15 is 0 Å². The average molecular weight is 347 g/mol. The molecular formula is C18H23ClN4O. The summed E-state index contributed by atoms with van der Waals surface area (Å²) in [6, 6.07) is 7.96. The highest BCUT2D eigenvalue weighted by Crippen LogP contribution is 2.23. The molecule has 0 spiro atoms. The maximum absolute atomic E-state index is 12.4. The maximum Gasteiger partial charge on any atom is 0.274 e. The van der Waals surface area contributed by atoms with Crippen LogP contribution in [0.3, 0.4) is 0 Å². The van der Waals surface area contributed by atoms with Gasteiger partial charge in [-0.1, -0.05) is 23.7 Å². The normalized spacial score (nSPS) is 17.0. The summed E-state index contributed by atoms with van der Waals surface area (Å²) in [5.74, 6) is 0.439. The van der Waals surface area contributed by atoms with E-state index in [1.54, 1.807) is 17.1 Å². The number of carbonyl (C=O) groups is 1. The Morgan fingerprint density at radius 1 is 1.42 bits per heavy atom. The summed E-state index contributed by atoms with van der Waals surface area (Å²) >= 11 is 6.04. The summed E-state index contributed by atoms with van der Waals surface area (Å²) in [5, 5.41) is 0.746. The lowest BCUT2D eigenvalue weighted by atomic mass is 9.86. The lowest BCUT2D eigenvalue weighted by Crippen LogP contribution is -2.44. The van der Waals surface area contributed by atoms with Gasteiger partial charge in [-0.25, -0.2) is 4.98 Å². The van der Waals surface area contributed by atoms with Crippen molar-refractivity contribution >= 4 is 17.5 Å². The van der Waals surface area contributed by atoms with Crippen molar-refractivity contribution in [2.75, 3.05) is 13.1 Å². The largest absolute Gasteiger partial charge is 0.340 e. The highest BCUT2D eigenvalue weighted by molar-refractivity contribution is 6.30. The fourth-order valence-corrected chi connectivity index (χ4v) is 3.53. The third-order valence-electron chi connectivity index (χ3n) is 4.72. The molecule has 1 aliphatic rings. The van der Waals surface area contributed by atoms with Gasteiger partial charge >= 0.3 is 0 Å². The Labute approximate surface area is 147 Å². The van der Waals surface area contributed by atoms with Crippen LogP contribution in [0.4, 0.5) is 0 Å². The van der Waals surface area contributed by atoms with Crippen LogP contribution >= 0.6 is 11.6 Å². The smallest absolute Gasteiger partial charge is 0.274 e. The molecule has 1 aromatic heterocycles. The van der Waals surface area contributed by atoms with Gasteiger partial charge in [0.05, 0.1) is 6.33 Å². The highest BCUT2D eigenvalue weighted by Gasteiger charge is 2.28. The van der Waals surface area contributed by atoms with Crippen LogP contribution in [0.15, 0.2) is 36.8 Å². The lowest BCUT2D eigenvalue weighted by molar-refractivity contribution is 0.0672. The number of imidazole rings is 1. The number of aromatic nitrogens is 2. The summed E-state index contributed by atoms with van der Waals surface area (Å²) in [6.45, 7) is 1.48. The van der Waals surface area contributed by atoms with Gasteiger partial charge in [0.1, 0.15) is 5.69 Å². The standard InChI is InChI=1S/C18H23ClN4O/c1-22-11-17(21-12-22)18(24)23-7-5-14(6-8-23)16(20)10-13-3-2-4-15(19)9-13/h2-4,9,11-12,14,16H,5-8,10,20H2,1H3. The van der Waals surface area contributed by atoms with E-state index < -0.39 is 0 Å². The summed E-state index contributed by atoms with van der Waals surface area (Å²) in [6.07, 6.45) is 6.10. The van der Waals surface area contributed by atoms with Gasteiger partial charge in [0.15, 0.2) is 0 Å². The molecule has 2 heterocycles. The molecule has 6 heteroatoms. The fraction of sp³-hybridized carbons (Fsp3) is 0.444. The van der Waals surface area contributed by atoms with Crippen molar-refractivity contribution in [2.24, 2.45) is 18.7 Å². The number of amides is 1. The Morgan fingerprint density at radius 3 is 2.79 bits per heavy atom. The predicted octanol–water partition coefficient (Wildman–Crippen LogP) is 2.50. The van der Waals surface area contributed by atoms with E-state index in [1.807, 2.05) is 30.1 Å². The van der Waals surface area contributed by atoms with E-state index in [0.29, 0.717) is 11.6 Å². The molecule has 0 saturated carbocycles. The molecule has 2 N–H and O–H groups in total. The van der Waals surface area contributed by atoms with Crippen LogP contribution in [-0.4, -0.2) is 39.5 Å².